The van der Waals surface area contributed by atoms with Gasteiger partial charge in [-0.25, -0.2) is 9.67 Å². The van der Waals surface area contributed by atoms with Crippen LogP contribution in [0.4, 0.5) is 0 Å². The summed E-state index contributed by atoms with van der Waals surface area (Å²) in [6.45, 7) is 3.74. The van der Waals surface area contributed by atoms with E-state index < -0.39 is 0 Å². The zero-order valence-corrected chi connectivity index (χ0v) is 19.2. The number of halogens is 1. The van der Waals surface area contributed by atoms with Crippen molar-refractivity contribution in [3.05, 3.63) is 41.9 Å². The first kappa shape index (κ1) is 21.5. The maximum atomic E-state index is 4.57. The summed E-state index contributed by atoms with van der Waals surface area (Å²) in [5.74, 6) is 3.84. The van der Waals surface area contributed by atoms with E-state index in [0.29, 0.717) is 6.04 Å². The van der Waals surface area contributed by atoms with Crippen LogP contribution in [0.15, 0.2) is 29.4 Å². The number of aliphatic imine (C=N–C) groups is 1. The fraction of sp³-hybridized carbons (Fsp3) is 0.526. The fourth-order valence-electron chi connectivity index (χ4n) is 3.53. The number of aryl methyl sites for hydroxylation is 3. The van der Waals surface area contributed by atoms with Gasteiger partial charge in [0.1, 0.15) is 11.6 Å². The van der Waals surface area contributed by atoms with Crippen molar-refractivity contribution in [2.24, 2.45) is 4.99 Å². The minimum absolute atomic E-state index is 0. The highest BCUT2D eigenvalue weighted by Gasteiger charge is 2.22. The Labute approximate surface area is 187 Å². The van der Waals surface area contributed by atoms with Crippen molar-refractivity contribution in [1.82, 2.24) is 40.0 Å². The summed E-state index contributed by atoms with van der Waals surface area (Å²) < 4.78 is 4.07. The van der Waals surface area contributed by atoms with Crippen molar-refractivity contribution in [3.63, 3.8) is 0 Å². The third-order valence-electron chi connectivity index (χ3n) is 5.04. The summed E-state index contributed by atoms with van der Waals surface area (Å²) in [6.07, 6.45) is 6.68. The Balaban J connectivity index is 0.00000240. The highest BCUT2D eigenvalue weighted by Crippen LogP contribution is 2.13. The molecule has 0 aliphatic carbocycles. The van der Waals surface area contributed by atoms with Crippen LogP contribution in [-0.4, -0.2) is 55.0 Å². The first-order chi connectivity index (χ1) is 13.8. The second-order valence-corrected chi connectivity index (χ2v) is 7.01. The fourth-order valence-corrected chi connectivity index (χ4v) is 3.53. The van der Waals surface area contributed by atoms with Gasteiger partial charge < -0.3 is 10.6 Å². The standard InChI is InChI=1S/C19H27N9.HI/c1-3-15-23-16-10-9-14(13-28(16)26-15)22-19(20-2)21-11-6-8-18-25-24-17-7-4-5-12-27(17)18;/h4-5,7,12,14H,3,6,8-11,13H2,1-2H3,(H2,20,21,22);1H. The van der Waals surface area contributed by atoms with Crippen LogP contribution in [0.3, 0.4) is 0 Å². The van der Waals surface area contributed by atoms with E-state index in [0.717, 1.165) is 74.3 Å². The summed E-state index contributed by atoms with van der Waals surface area (Å²) in [7, 11) is 1.81. The Morgan fingerprint density at radius 2 is 2.21 bits per heavy atom. The number of pyridine rings is 1. The van der Waals surface area contributed by atoms with Crippen molar-refractivity contribution in [1.29, 1.82) is 0 Å². The molecule has 0 fully saturated rings. The van der Waals surface area contributed by atoms with Crippen molar-refractivity contribution >= 4 is 35.6 Å². The number of hydrogen-bond acceptors (Lipinski definition) is 5. The van der Waals surface area contributed by atoms with Gasteiger partial charge in [0.2, 0.25) is 0 Å². The summed E-state index contributed by atoms with van der Waals surface area (Å²) in [6, 6.07) is 6.25. The Morgan fingerprint density at radius 1 is 1.31 bits per heavy atom. The lowest BCUT2D eigenvalue weighted by atomic mass is 10.1. The van der Waals surface area contributed by atoms with Crippen molar-refractivity contribution in [2.45, 2.75) is 51.6 Å². The van der Waals surface area contributed by atoms with Crippen LogP contribution in [-0.2, 0) is 25.8 Å². The van der Waals surface area contributed by atoms with E-state index in [9.17, 15) is 0 Å². The molecule has 156 valence electrons. The molecule has 1 unspecified atom stereocenters. The molecular weight excluding hydrogens is 481 g/mol. The van der Waals surface area contributed by atoms with Crippen LogP contribution < -0.4 is 10.6 Å². The quantitative estimate of drug-likeness (QED) is 0.227. The molecule has 0 radical (unpaired) electrons. The smallest absolute Gasteiger partial charge is 0.191 e. The van der Waals surface area contributed by atoms with Gasteiger partial charge in [0.05, 0.1) is 6.54 Å². The molecule has 0 bridgehead atoms. The van der Waals surface area contributed by atoms with Crippen molar-refractivity contribution in [2.75, 3.05) is 13.6 Å². The molecule has 0 spiro atoms. The third kappa shape index (κ3) is 5.03. The van der Waals surface area contributed by atoms with Crippen LogP contribution in [0, 0.1) is 0 Å². The molecule has 3 aromatic heterocycles. The molecule has 3 aromatic rings. The van der Waals surface area contributed by atoms with Crippen LogP contribution >= 0.6 is 24.0 Å². The van der Waals surface area contributed by atoms with E-state index >= 15 is 0 Å². The van der Waals surface area contributed by atoms with Gasteiger partial charge in [-0.3, -0.25) is 9.39 Å². The maximum absolute atomic E-state index is 4.57. The summed E-state index contributed by atoms with van der Waals surface area (Å²) >= 11 is 0. The Bertz CT molecular complexity index is 962. The monoisotopic (exact) mass is 509 g/mol. The predicted molar refractivity (Wildman–Crippen MR) is 123 cm³/mol. The number of hydrogen-bond donors (Lipinski definition) is 2. The summed E-state index contributed by atoms with van der Waals surface area (Å²) in [5.41, 5.74) is 0.888. The first-order valence-corrected chi connectivity index (χ1v) is 9.95. The number of fused-ring (bicyclic) bond motifs is 2. The Kier molecular flexibility index (Phi) is 7.40. The van der Waals surface area contributed by atoms with Gasteiger partial charge in [0.25, 0.3) is 0 Å². The molecule has 4 heterocycles. The molecule has 9 nitrogen and oxygen atoms in total. The van der Waals surface area contributed by atoms with E-state index in [4.69, 9.17) is 0 Å². The largest absolute Gasteiger partial charge is 0.356 e. The van der Waals surface area contributed by atoms with Gasteiger partial charge in [-0.05, 0) is 25.0 Å². The number of guanidine groups is 1. The minimum Gasteiger partial charge on any atom is -0.356 e. The minimum atomic E-state index is 0. The van der Waals surface area contributed by atoms with Gasteiger partial charge in [-0.1, -0.05) is 13.0 Å². The lowest BCUT2D eigenvalue weighted by Gasteiger charge is -2.25. The van der Waals surface area contributed by atoms with Crippen molar-refractivity contribution < 1.29 is 0 Å². The molecule has 10 heteroatoms. The van der Waals surface area contributed by atoms with Gasteiger partial charge in [-0.2, -0.15) is 5.10 Å². The Morgan fingerprint density at radius 3 is 3.03 bits per heavy atom. The van der Waals surface area contributed by atoms with Crippen LogP contribution in [0.2, 0.25) is 0 Å². The van der Waals surface area contributed by atoms with E-state index in [1.54, 1.807) is 7.05 Å². The molecule has 0 aromatic carbocycles. The highest BCUT2D eigenvalue weighted by atomic mass is 127. The third-order valence-corrected chi connectivity index (χ3v) is 5.04. The molecule has 1 aliphatic rings. The molecule has 0 saturated carbocycles. The number of aromatic nitrogens is 6. The average Bonchev–Trinajstić information content (AvgIpc) is 3.33. The zero-order valence-electron chi connectivity index (χ0n) is 16.9. The Hall–Kier alpha value is -2.24. The highest BCUT2D eigenvalue weighted by molar-refractivity contribution is 14.0. The van der Waals surface area contributed by atoms with E-state index in [2.05, 4.69) is 42.8 Å². The second-order valence-electron chi connectivity index (χ2n) is 7.01. The molecule has 0 saturated heterocycles. The average molecular weight is 509 g/mol. The SMILES string of the molecule is CCc1nc2n(n1)CC(NC(=NC)NCCCc1nnc3ccccn13)CC2.I. The van der Waals surface area contributed by atoms with E-state index in [-0.39, 0.29) is 24.0 Å². The molecule has 29 heavy (non-hydrogen) atoms. The molecule has 1 atom stereocenters. The first-order valence-electron chi connectivity index (χ1n) is 9.95. The molecule has 0 amide bonds. The second kappa shape index (κ2) is 9.99. The molecule has 2 N–H and O–H groups in total. The lowest BCUT2D eigenvalue weighted by Crippen LogP contribution is -2.47. The van der Waals surface area contributed by atoms with E-state index in [1.165, 1.54) is 0 Å². The number of rotatable bonds is 6. The molecular formula is C19H28IN9. The van der Waals surface area contributed by atoms with Crippen LogP contribution in [0.5, 0.6) is 0 Å². The predicted octanol–water partition coefficient (Wildman–Crippen LogP) is 1.61. The van der Waals surface area contributed by atoms with Gasteiger partial charge >= 0.3 is 0 Å². The van der Waals surface area contributed by atoms with Crippen LogP contribution in [0.25, 0.3) is 5.65 Å². The number of nitrogens with one attached hydrogen (secondary N) is 2. The zero-order chi connectivity index (χ0) is 19.3. The van der Waals surface area contributed by atoms with E-state index in [1.807, 2.05) is 33.5 Å². The van der Waals surface area contributed by atoms with Gasteiger partial charge in [0.15, 0.2) is 17.4 Å². The van der Waals surface area contributed by atoms with Crippen LogP contribution in [0.1, 0.15) is 37.2 Å². The van der Waals surface area contributed by atoms with Crippen molar-refractivity contribution in [3.8, 4) is 0 Å². The van der Waals surface area contributed by atoms with Gasteiger partial charge in [0, 0.05) is 45.1 Å². The normalized spacial score (nSPS) is 16.3. The topological polar surface area (TPSA) is 97.3 Å². The molecule has 4 rings (SSSR count). The number of nitrogens with zero attached hydrogens (tertiary/aromatic N) is 7. The molecule has 1 aliphatic heterocycles. The maximum Gasteiger partial charge on any atom is 0.191 e. The van der Waals surface area contributed by atoms with Gasteiger partial charge in [-0.15, -0.1) is 34.2 Å². The lowest BCUT2D eigenvalue weighted by molar-refractivity contribution is 0.392. The summed E-state index contributed by atoms with van der Waals surface area (Å²) in [4.78, 5) is 8.93. The summed E-state index contributed by atoms with van der Waals surface area (Å²) in [5, 5.41) is 20.0.